The van der Waals surface area contributed by atoms with Gasteiger partial charge >= 0.3 is 0 Å². The second kappa shape index (κ2) is 13.3. The van der Waals surface area contributed by atoms with Crippen LogP contribution in [-0.2, 0) is 4.79 Å². The van der Waals surface area contributed by atoms with Gasteiger partial charge in [-0.25, -0.2) is 0 Å². The van der Waals surface area contributed by atoms with Crippen molar-refractivity contribution in [1.82, 2.24) is 20.0 Å². The molecule has 0 aromatic rings. The van der Waals surface area contributed by atoms with E-state index in [-0.39, 0.29) is 0 Å². The molecule has 156 valence electrons. The maximum absolute atomic E-state index is 12.6. The van der Waals surface area contributed by atoms with Crippen LogP contribution in [0, 0.1) is 0 Å². The maximum atomic E-state index is 12.6. The molecule has 0 radical (unpaired) electrons. The fraction of sp³-hybridized carbons (Fsp3) is 0.900. The summed E-state index contributed by atoms with van der Waals surface area (Å²) in [4.78, 5) is 24.2. The summed E-state index contributed by atoms with van der Waals surface area (Å²) < 4.78 is 0. The van der Waals surface area contributed by atoms with Gasteiger partial charge < -0.3 is 15.1 Å². The van der Waals surface area contributed by atoms with E-state index in [0.717, 1.165) is 64.7 Å². The zero-order valence-electron chi connectivity index (χ0n) is 17.4. The van der Waals surface area contributed by atoms with Crippen LogP contribution in [0.2, 0.25) is 0 Å². The van der Waals surface area contributed by atoms with Crippen molar-refractivity contribution in [3.63, 3.8) is 0 Å². The van der Waals surface area contributed by atoms with Gasteiger partial charge in [0.15, 0.2) is 5.96 Å². The van der Waals surface area contributed by atoms with E-state index in [0.29, 0.717) is 12.5 Å². The van der Waals surface area contributed by atoms with Gasteiger partial charge in [0.05, 0.1) is 6.54 Å². The standard InChI is InChI=1S/C20H39N5OS/c1-3-21-20(22-10-6-9-17-27-2)25-15-13-23(14-16-25)18-19(26)24-11-7-4-5-8-12-24/h3-18H2,1-2H3,(H,21,22). The lowest BCUT2D eigenvalue weighted by Crippen LogP contribution is -2.54. The molecule has 2 rings (SSSR count). The normalized spacial score (nSPS) is 19.9. The second-order valence-electron chi connectivity index (χ2n) is 7.49. The molecule has 0 aliphatic carbocycles. The number of nitrogens with one attached hydrogen (secondary N) is 1. The lowest BCUT2D eigenvalue weighted by Gasteiger charge is -2.37. The van der Waals surface area contributed by atoms with Gasteiger partial charge in [-0.15, -0.1) is 0 Å². The van der Waals surface area contributed by atoms with Gasteiger partial charge in [-0.1, -0.05) is 12.8 Å². The molecular weight excluding hydrogens is 358 g/mol. The number of unbranched alkanes of at least 4 members (excludes halogenated alkanes) is 1. The minimum Gasteiger partial charge on any atom is -0.357 e. The summed E-state index contributed by atoms with van der Waals surface area (Å²) in [5.74, 6) is 2.58. The van der Waals surface area contributed by atoms with E-state index in [1.807, 2.05) is 11.8 Å². The Morgan fingerprint density at radius 2 is 1.67 bits per heavy atom. The lowest BCUT2D eigenvalue weighted by atomic mass is 10.2. The van der Waals surface area contributed by atoms with Gasteiger partial charge in [0, 0.05) is 52.4 Å². The third-order valence-corrected chi connectivity index (χ3v) is 6.04. The molecule has 2 aliphatic heterocycles. The molecule has 27 heavy (non-hydrogen) atoms. The Balaban J connectivity index is 1.74. The molecule has 0 atom stereocenters. The van der Waals surface area contributed by atoms with Crippen molar-refractivity contribution in [2.45, 2.75) is 45.4 Å². The predicted octanol–water partition coefficient (Wildman–Crippen LogP) is 2.12. The molecular formula is C20H39N5OS. The van der Waals surface area contributed by atoms with E-state index in [2.05, 4.69) is 33.2 Å². The van der Waals surface area contributed by atoms with Crippen molar-refractivity contribution in [1.29, 1.82) is 0 Å². The number of nitrogens with zero attached hydrogens (tertiary/aromatic N) is 4. The predicted molar refractivity (Wildman–Crippen MR) is 117 cm³/mol. The molecule has 7 heteroatoms. The first-order valence-electron chi connectivity index (χ1n) is 10.8. The summed E-state index contributed by atoms with van der Waals surface area (Å²) >= 11 is 1.90. The summed E-state index contributed by atoms with van der Waals surface area (Å²) in [6.07, 6.45) is 9.41. The van der Waals surface area contributed by atoms with Crippen molar-refractivity contribution in [2.75, 3.05) is 70.9 Å². The first kappa shape index (κ1) is 22.3. The number of hydrogen-bond acceptors (Lipinski definition) is 4. The van der Waals surface area contributed by atoms with E-state index in [4.69, 9.17) is 4.99 Å². The first-order chi connectivity index (χ1) is 13.2. The van der Waals surface area contributed by atoms with Crippen LogP contribution in [0.25, 0.3) is 0 Å². The van der Waals surface area contributed by atoms with Crippen LogP contribution in [0.15, 0.2) is 4.99 Å². The van der Waals surface area contributed by atoms with Gasteiger partial charge in [-0.05, 0) is 44.6 Å². The highest BCUT2D eigenvalue weighted by molar-refractivity contribution is 7.98. The molecule has 1 amide bonds. The van der Waals surface area contributed by atoms with Crippen LogP contribution in [0.4, 0.5) is 0 Å². The topological polar surface area (TPSA) is 51.2 Å². The van der Waals surface area contributed by atoms with Crippen LogP contribution < -0.4 is 5.32 Å². The molecule has 2 aliphatic rings. The molecule has 2 fully saturated rings. The van der Waals surface area contributed by atoms with Crippen molar-refractivity contribution < 1.29 is 4.79 Å². The number of likely N-dealkylation sites (tertiary alicyclic amines) is 1. The summed E-state index contributed by atoms with van der Waals surface area (Å²) in [6, 6.07) is 0. The van der Waals surface area contributed by atoms with Crippen LogP contribution >= 0.6 is 11.8 Å². The summed E-state index contributed by atoms with van der Waals surface area (Å²) in [5.41, 5.74) is 0. The van der Waals surface area contributed by atoms with Crippen LogP contribution in [0.5, 0.6) is 0 Å². The Kier molecular flexibility index (Phi) is 11.0. The Bertz CT molecular complexity index is 444. The molecule has 1 N–H and O–H groups in total. The summed E-state index contributed by atoms with van der Waals surface area (Å²) in [7, 11) is 0. The third-order valence-electron chi connectivity index (χ3n) is 5.34. The summed E-state index contributed by atoms with van der Waals surface area (Å²) in [5, 5.41) is 3.43. The molecule has 0 aromatic heterocycles. The number of guanidine groups is 1. The highest BCUT2D eigenvalue weighted by Gasteiger charge is 2.23. The molecule has 0 unspecified atom stereocenters. The number of piperazine rings is 1. The average Bonchev–Trinajstić information content (AvgIpc) is 2.97. The Morgan fingerprint density at radius 3 is 2.30 bits per heavy atom. The molecule has 0 bridgehead atoms. The number of rotatable bonds is 8. The van der Waals surface area contributed by atoms with Crippen molar-refractivity contribution >= 4 is 23.6 Å². The molecule has 0 saturated carbocycles. The van der Waals surface area contributed by atoms with E-state index < -0.39 is 0 Å². The Labute approximate surface area is 170 Å². The van der Waals surface area contributed by atoms with Gasteiger partial charge in [-0.3, -0.25) is 14.7 Å². The van der Waals surface area contributed by atoms with E-state index in [1.165, 1.54) is 37.9 Å². The minimum atomic E-state index is 0.319. The molecule has 6 nitrogen and oxygen atoms in total. The quantitative estimate of drug-likeness (QED) is 0.386. The third kappa shape index (κ3) is 8.30. The molecule has 2 heterocycles. The minimum absolute atomic E-state index is 0.319. The lowest BCUT2D eigenvalue weighted by molar-refractivity contribution is -0.132. The smallest absolute Gasteiger partial charge is 0.236 e. The Morgan fingerprint density at radius 1 is 0.963 bits per heavy atom. The highest BCUT2D eigenvalue weighted by atomic mass is 32.2. The Hall–Kier alpha value is -0.950. The summed E-state index contributed by atoms with van der Waals surface area (Å²) in [6.45, 7) is 10.2. The van der Waals surface area contributed by atoms with Gasteiger partial charge in [0.2, 0.25) is 5.91 Å². The zero-order valence-corrected chi connectivity index (χ0v) is 18.2. The molecule has 0 aromatic carbocycles. The van der Waals surface area contributed by atoms with Crippen LogP contribution in [-0.4, -0.2) is 97.5 Å². The van der Waals surface area contributed by atoms with Crippen LogP contribution in [0.3, 0.4) is 0 Å². The van der Waals surface area contributed by atoms with Gasteiger partial charge in [-0.2, -0.15) is 11.8 Å². The van der Waals surface area contributed by atoms with E-state index >= 15 is 0 Å². The number of amides is 1. The average molecular weight is 398 g/mol. The van der Waals surface area contributed by atoms with Crippen LogP contribution in [0.1, 0.15) is 45.4 Å². The largest absolute Gasteiger partial charge is 0.357 e. The van der Waals surface area contributed by atoms with Crippen molar-refractivity contribution in [3.05, 3.63) is 0 Å². The monoisotopic (exact) mass is 397 g/mol. The second-order valence-corrected chi connectivity index (χ2v) is 8.48. The zero-order chi connectivity index (χ0) is 19.3. The fourth-order valence-electron chi connectivity index (χ4n) is 3.70. The van der Waals surface area contributed by atoms with E-state index in [9.17, 15) is 4.79 Å². The van der Waals surface area contributed by atoms with Crippen molar-refractivity contribution in [3.8, 4) is 0 Å². The maximum Gasteiger partial charge on any atom is 0.236 e. The fourth-order valence-corrected chi connectivity index (χ4v) is 4.19. The van der Waals surface area contributed by atoms with Gasteiger partial charge in [0.1, 0.15) is 0 Å². The van der Waals surface area contributed by atoms with Gasteiger partial charge in [0.25, 0.3) is 0 Å². The number of carbonyl (C=O) groups is 1. The number of carbonyl (C=O) groups excluding carboxylic acids is 1. The number of thioether (sulfide) groups is 1. The molecule has 2 saturated heterocycles. The SMILES string of the molecule is CCNC(=NCCCCSC)N1CCN(CC(=O)N2CCCCCC2)CC1. The van der Waals surface area contributed by atoms with E-state index in [1.54, 1.807) is 0 Å². The first-order valence-corrected chi connectivity index (χ1v) is 12.2. The number of aliphatic imine (C=N–C) groups is 1. The van der Waals surface area contributed by atoms with Crippen molar-refractivity contribution in [2.24, 2.45) is 4.99 Å². The molecule has 0 spiro atoms. The number of hydrogen-bond donors (Lipinski definition) is 1. The highest BCUT2D eigenvalue weighted by Crippen LogP contribution is 2.11.